The Morgan fingerprint density at radius 3 is 2.55 bits per heavy atom. The van der Waals surface area contributed by atoms with Gasteiger partial charge in [0.25, 0.3) is 11.9 Å². The first-order chi connectivity index (χ1) is 10.6. The number of fused-ring (bicyclic) bond motifs is 1. The van der Waals surface area contributed by atoms with Crippen LogP contribution in [0, 0.1) is 0 Å². The second-order valence-corrected chi connectivity index (χ2v) is 4.96. The van der Waals surface area contributed by atoms with Crippen LogP contribution < -0.4 is 5.43 Å². The Balaban J connectivity index is 1.76. The van der Waals surface area contributed by atoms with E-state index >= 15 is 0 Å². The van der Waals surface area contributed by atoms with Crippen LogP contribution in [0.2, 0.25) is 5.02 Å². The average molecular weight is 315 g/mol. The summed E-state index contributed by atoms with van der Waals surface area (Å²) in [5.41, 5.74) is 2.83. The van der Waals surface area contributed by atoms with Crippen LogP contribution in [0.1, 0.15) is 16.1 Å². The van der Waals surface area contributed by atoms with Crippen molar-refractivity contribution in [2.45, 2.75) is 0 Å². The Kier molecular flexibility index (Phi) is 3.80. The van der Waals surface area contributed by atoms with Crippen molar-refractivity contribution in [3.63, 3.8) is 0 Å². The number of halogens is 1. The number of hydrazone groups is 1. The molecule has 22 heavy (non-hydrogen) atoms. The third kappa shape index (κ3) is 2.80. The van der Waals surface area contributed by atoms with Crippen molar-refractivity contribution >= 4 is 34.5 Å². The molecule has 0 radical (unpaired) electrons. The minimum Gasteiger partial charge on any atom is -0.480 e. The summed E-state index contributed by atoms with van der Waals surface area (Å²) in [5.74, 6) is -0.182. The Morgan fingerprint density at radius 1 is 1.14 bits per heavy atom. The van der Waals surface area contributed by atoms with E-state index in [9.17, 15) is 9.90 Å². The Labute approximate surface area is 130 Å². The van der Waals surface area contributed by atoms with Gasteiger partial charge >= 0.3 is 0 Å². The van der Waals surface area contributed by atoms with Crippen LogP contribution in [0.4, 0.5) is 0 Å². The third-order valence-electron chi connectivity index (χ3n) is 3.08. The minimum atomic E-state index is -0.368. The molecule has 0 fully saturated rings. The van der Waals surface area contributed by atoms with Crippen molar-refractivity contribution < 1.29 is 14.3 Å². The topological polar surface area (TPSA) is 74.8 Å². The van der Waals surface area contributed by atoms with Crippen LogP contribution in [0.5, 0.6) is 5.95 Å². The molecule has 0 saturated carbocycles. The molecule has 2 aromatic carbocycles. The number of carbonyl (C=O) groups excluding carboxylic acids is 1. The number of amides is 1. The van der Waals surface area contributed by atoms with Gasteiger partial charge in [0.2, 0.25) is 0 Å². The molecule has 1 aromatic heterocycles. The molecular weight excluding hydrogens is 304 g/mol. The minimum absolute atomic E-state index is 0.180. The van der Waals surface area contributed by atoms with Crippen LogP contribution in [0.15, 0.2) is 58.0 Å². The number of aromatic hydroxyl groups is 1. The Hall–Kier alpha value is -2.79. The van der Waals surface area contributed by atoms with E-state index in [1.165, 1.54) is 6.21 Å². The molecule has 3 rings (SSSR count). The summed E-state index contributed by atoms with van der Waals surface area (Å²) in [6.45, 7) is 0. The zero-order valence-electron chi connectivity index (χ0n) is 11.3. The predicted molar refractivity (Wildman–Crippen MR) is 84.4 cm³/mol. The van der Waals surface area contributed by atoms with Gasteiger partial charge in [0.05, 0.1) is 11.6 Å². The van der Waals surface area contributed by atoms with Crippen molar-refractivity contribution in [1.29, 1.82) is 0 Å². The van der Waals surface area contributed by atoms with Gasteiger partial charge in [0.15, 0.2) is 5.76 Å². The summed E-state index contributed by atoms with van der Waals surface area (Å²) in [4.78, 5) is 11.9. The molecule has 6 heteroatoms. The monoisotopic (exact) mass is 314 g/mol. The SMILES string of the molecule is O=C(N/N=C\c1oc(O)c2ccccc12)c1ccc(Cl)cc1. The molecule has 0 aliphatic carbocycles. The van der Waals surface area contributed by atoms with Crippen molar-refractivity contribution in [1.82, 2.24) is 5.43 Å². The first kappa shape index (κ1) is 14.2. The molecule has 0 atom stereocenters. The van der Waals surface area contributed by atoms with E-state index < -0.39 is 0 Å². The molecule has 3 aromatic rings. The van der Waals surface area contributed by atoms with Gasteiger partial charge in [-0.1, -0.05) is 29.8 Å². The van der Waals surface area contributed by atoms with Gasteiger partial charge in [-0.25, -0.2) is 5.43 Å². The lowest BCUT2D eigenvalue weighted by atomic mass is 10.2. The van der Waals surface area contributed by atoms with Gasteiger partial charge in [0, 0.05) is 16.0 Å². The number of nitrogens with zero attached hydrogens (tertiary/aromatic N) is 1. The number of nitrogens with one attached hydrogen (secondary N) is 1. The van der Waals surface area contributed by atoms with E-state index in [-0.39, 0.29) is 11.9 Å². The van der Waals surface area contributed by atoms with Gasteiger partial charge in [-0.15, -0.1) is 0 Å². The van der Waals surface area contributed by atoms with Crippen LogP contribution in [-0.4, -0.2) is 17.2 Å². The van der Waals surface area contributed by atoms with E-state index in [0.717, 1.165) is 0 Å². The summed E-state index contributed by atoms with van der Waals surface area (Å²) in [7, 11) is 0. The van der Waals surface area contributed by atoms with E-state index in [1.54, 1.807) is 42.5 Å². The number of rotatable bonds is 3. The van der Waals surface area contributed by atoms with Crippen LogP contribution in [-0.2, 0) is 0 Å². The predicted octanol–water partition coefficient (Wildman–Crippen LogP) is 3.56. The summed E-state index contributed by atoms with van der Waals surface area (Å²) in [5, 5.41) is 15.4. The lowest BCUT2D eigenvalue weighted by Gasteiger charge is -1.99. The molecule has 0 unspecified atom stereocenters. The van der Waals surface area contributed by atoms with E-state index in [1.807, 2.05) is 6.07 Å². The second-order valence-electron chi connectivity index (χ2n) is 4.52. The summed E-state index contributed by atoms with van der Waals surface area (Å²) in [6, 6.07) is 13.6. The highest BCUT2D eigenvalue weighted by Gasteiger charge is 2.10. The van der Waals surface area contributed by atoms with Crippen molar-refractivity contribution in [2.75, 3.05) is 0 Å². The van der Waals surface area contributed by atoms with Crippen molar-refractivity contribution in [3.05, 3.63) is 64.9 Å². The number of carbonyl (C=O) groups is 1. The number of hydrogen-bond acceptors (Lipinski definition) is 4. The smallest absolute Gasteiger partial charge is 0.290 e. The molecular formula is C16H11ClN2O3. The lowest BCUT2D eigenvalue weighted by molar-refractivity contribution is 0.0955. The second kappa shape index (κ2) is 5.91. The van der Waals surface area contributed by atoms with E-state index in [0.29, 0.717) is 27.1 Å². The Morgan fingerprint density at radius 2 is 1.82 bits per heavy atom. The fourth-order valence-corrected chi connectivity index (χ4v) is 2.14. The highest BCUT2D eigenvalue weighted by atomic mass is 35.5. The molecule has 1 heterocycles. The molecule has 0 bridgehead atoms. The van der Waals surface area contributed by atoms with Gasteiger partial charge in [0.1, 0.15) is 0 Å². The quantitative estimate of drug-likeness (QED) is 0.573. The first-order valence-corrected chi connectivity index (χ1v) is 6.82. The Bertz CT molecular complexity index is 853. The first-order valence-electron chi connectivity index (χ1n) is 6.44. The molecule has 0 aliphatic heterocycles. The molecule has 0 aliphatic rings. The summed E-state index contributed by atoms with van der Waals surface area (Å²) < 4.78 is 5.21. The molecule has 110 valence electrons. The fraction of sp³-hybridized carbons (Fsp3) is 0. The van der Waals surface area contributed by atoms with Gasteiger partial charge in [-0.05, 0) is 30.3 Å². The number of benzene rings is 2. The third-order valence-corrected chi connectivity index (χ3v) is 3.34. The van der Waals surface area contributed by atoms with Gasteiger partial charge in [-0.3, -0.25) is 4.79 Å². The lowest BCUT2D eigenvalue weighted by Crippen LogP contribution is -2.17. The number of hydrogen-bond donors (Lipinski definition) is 2. The van der Waals surface area contributed by atoms with Gasteiger partial charge < -0.3 is 9.52 Å². The molecule has 2 N–H and O–H groups in total. The zero-order valence-corrected chi connectivity index (χ0v) is 12.0. The summed E-state index contributed by atoms with van der Waals surface area (Å²) in [6.07, 6.45) is 1.34. The van der Waals surface area contributed by atoms with Crippen LogP contribution in [0.25, 0.3) is 10.8 Å². The molecule has 5 nitrogen and oxygen atoms in total. The number of furan rings is 1. The molecule has 0 spiro atoms. The van der Waals surface area contributed by atoms with Gasteiger partial charge in [-0.2, -0.15) is 5.10 Å². The van der Waals surface area contributed by atoms with Crippen molar-refractivity contribution in [2.24, 2.45) is 5.10 Å². The molecule has 0 saturated heterocycles. The standard InChI is InChI=1S/C16H11ClN2O3/c17-11-7-5-10(6-8-11)15(20)19-18-9-14-12-3-1-2-4-13(12)16(21)22-14/h1-9,21H,(H,19,20)/b18-9-. The molecule has 1 amide bonds. The van der Waals surface area contributed by atoms with Crippen LogP contribution >= 0.6 is 11.6 Å². The maximum Gasteiger partial charge on any atom is 0.290 e. The van der Waals surface area contributed by atoms with Crippen molar-refractivity contribution in [3.8, 4) is 5.95 Å². The van der Waals surface area contributed by atoms with Crippen LogP contribution in [0.3, 0.4) is 0 Å². The average Bonchev–Trinajstić information content (AvgIpc) is 2.85. The fourth-order valence-electron chi connectivity index (χ4n) is 2.01. The highest BCUT2D eigenvalue weighted by molar-refractivity contribution is 6.30. The normalized spacial score (nSPS) is 11.1. The summed E-state index contributed by atoms with van der Waals surface area (Å²) >= 11 is 5.76. The largest absolute Gasteiger partial charge is 0.480 e. The highest BCUT2D eigenvalue weighted by Crippen LogP contribution is 2.29. The maximum atomic E-state index is 11.9. The van der Waals surface area contributed by atoms with E-state index in [2.05, 4.69) is 10.5 Å². The zero-order chi connectivity index (χ0) is 15.5. The van der Waals surface area contributed by atoms with E-state index in [4.69, 9.17) is 16.0 Å². The maximum absolute atomic E-state index is 11.9.